The smallest absolute Gasteiger partial charge is 0.246 e. The van der Waals surface area contributed by atoms with Crippen LogP contribution in [0.5, 0.6) is 0 Å². The van der Waals surface area contributed by atoms with Gasteiger partial charge in [0.2, 0.25) is 15.9 Å². The number of amides is 1. The summed E-state index contributed by atoms with van der Waals surface area (Å²) in [7, 11) is -4.00. The molecule has 23 heavy (non-hydrogen) atoms. The van der Waals surface area contributed by atoms with Crippen molar-refractivity contribution in [2.24, 2.45) is 5.73 Å². The van der Waals surface area contributed by atoms with Crippen molar-refractivity contribution in [1.29, 1.82) is 0 Å². The number of hydrogen-bond donors (Lipinski definition) is 2. The summed E-state index contributed by atoms with van der Waals surface area (Å²) < 4.78 is 26.9. The summed E-state index contributed by atoms with van der Waals surface area (Å²) in [5.74, 6) is -0.769. The summed E-state index contributed by atoms with van der Waals surface area (Å²) in [5, 5.41) is 10.4. The number of primary amides is 1. The fourth-order valence-corrected chi connectivity index (χ4v) is 4.66. The van der Waals surface area contributed by atoms with Crippen LogP contribution in [0.25, 0.3) is 10.9 Å². The summed E-state index contributed by atoms with van der Waals surface area (Å²) in [4.78, 5) is 15.9. The van der Waals surface area contributed by atoms with Crippen LogP contribution in [0.2, 0.25) is 0 Å². The van der Waals surface area contributed by atoms with E-state index in [1.165, 1.54) is 6.07 Å². The third kappa shape index (κ3) is 2.69. The monoisotopic (exact) mass is 335 g/mol. The lowest BCUT2D eigenvalue weighted by Crippen LogP contribution is -2.43. The van der Waals surface area contributed by atoms with Crippen molar-refractivity contribution in [3.63, 3.8) is 0 Å². The van der Waals surface area contributed by atoms with Gasteiger partial charge in [-0.1, -0.05) is 18.2 Å². The van der Waals surface area contributed by atoms with Gasteiger partial charge in [0, 0.05) is 24.0 Å². The maximum atomic E-state index is 13.0. The van der Waals surface area contributed by atoms with Gasteiger partial charge in [0.05, 0.1) is 11.6 Å². The summed E-state index contributed by atoms with van der Waals surface area (Å²) in [6.07, 6.45) is -0.904. The van der Waals surface area contributed by atoms with E-state index in [2.05, 4.69) is 4.98 Å². The van der Waals surface area contributed by atoms with E-state index in [1.807, 2.05) is 0 Å². The number of rotatable bonds is 3. The molecule has 1 aromatic carbocycles. The Balaban J connectivity index is 2.17. The first-order chi connectivity index (χ1) is 10.8. The fraction of sp³-hybridized carbons (Fsp3) is 0.333. The average molecular weight is 335 g/mol. The Hall–Kier alpha value is -2.03. The zero-order valence-electron chi connectivity index (χ0n) is 12.5. The van der Waals surface area contributed by atoms with Gasteiger partial charge in [-0.25, -0.2) is 8.42 Å². The number of hydrogen-bond acceptors (Lipinski definition) is 5. The van der Waals surface area contributed by atoms with Crippen LogP contribution >= 0.6 is 0 Å². The van der Waals surface area contributed by atoms with E-state index in [0.29, 0.717) is 16.6 Å². The second-order valence-electron chi connectivity index (χ2n) is 5.66. The normalized spacial score (nSPS) is 22.5. The number of aromatic nitrogens is 1. The first kappa shape index (κ1) is 15.9. The molecule has 1 amide bonds. The fourth-order valence-electron chi connectivity index (χ4n) is 2.86. The maximum absolute atomic E-state index is 13.0. The molecule has 8 heteroatoms. The lowest BCUT2D eigenvalue weighted by atomic mass is 10.2. The Morgan fingerprint density at radius 1 is 1.35 bits per heavy atom. The van der Waals surface area contributed by atoms with Crippen LogP contribution in [0, 0.1) is 6.92 Å². The van der Waals surface area contributed by atoms with Crippen molar-refractivity contribution in [3.8, 4) is 0 Å². The Morgan fingerprint density at radius 2 is 2.09 bits per heavy atom. The zero-order valence-corrected chi connectivity index (χ0v) is 13.3. The molecule has 0 saturated carbocycles. The SMILES string of the molecule is Cc1ccc2cccc(S(=O)(=O)N3C[C@@H](O)C[C@@H]3C(N)=O)c2n1. The molecular weight excluding hydrogens is 318 g/mol. The largest absolute Gasteiger partial charge is 0.392 e. The topological polar surface area (TPSA) is 114 Å². The number of aliphatic hydroxyl groups excluding tert-OH is 1. The molecule has 0 radical (unpaired) electrons. The number of benzene rings is 1. The number of pyridine rings is 1. The Labute approximate surface area is 133 Å². The molecule has 3 rings (SSSR count). The van der Waals surface area contributed by atoms with Crippen LogP contribution in [0.4, 0.5) is 0 Å². The van der Waals surface area contributed by atoms with Crippen LogP contribution in [-0.4, -0.2) is 47.4 Å². The number of carbonyl (C=O) groups excluding carboxylic acids is 1. The number of β-amino-alcohol motifs (C(OH)–C–C–N with tert-alkyl or cyclic N) is 1. The van der Waals surface area contributed by atoms with Crippen LogP contribution in [-0.2, 0) is 14.8 Å². The highest BCUT2D eigenvalue weighted by Crippen LogP contribution is 2.30. The minimum absolute atomic E-state index is 0.00574. The second kappa shape index (κ2) is 5.55. The molecule has 0 unspecified atom stereocenters. The van der Waals surface area contributed by atoms with E-state index in [9.17, 15) is 18.3 Å². The van der Waals surface area contributed by atoms with Crippen LogP contribution in [0.1, 0.15) is 12.1 Å². The number of fused-ring (bicyclic) bond motifs is 1. The zero-order chi connectivity index (χ0) is 16.8. The van der Waals surface area contributed by atoms with E-state index in [-0.39, 0.29) is 17.9 Å². The van der Waals surface area contributed by atoms with E-state index < -0.39 is 28.1 Å². The van der Waals surface area contributed by atoms with Gasteiger partial charge in [-0.3, -0.25) is 9.78 Å². The predicted octanol–water partition coefficient (Wildman–Crippen LogP) is 0.152. The number of carbonyl (C=O) groups is 1. The summed E-state index contributed by atoms with van der Waals surface area (Å²) in [6, 6.07) is 7.39. The maximum Gasteiger partial charge on any atom is 0.246 e. The Kier molecular flexibility index (Phi) is 3.83. The van der Waals surface area contributed by atoms with E-state index in [4.69, 9.17) is 5.73 Å². The third-order valence-electron chi connectivity index (χ3n) is 3.97. The quantitative estimate of drug-likeness (QED) is 0.829. The average Bonchev–Trinajstić information content (AvgIpc) is 2.89. The minimum Gasteiger partial charge on any atom is -0.392 e. The molecule has 1 aliphatic heterocycles. The molecule has 2 aromatic rings. The van der Waals surface area contributed by atoms with Gasteiger partial charge in [0.1, 0.15) is 10.9 Å². The van der Waals surface area contributed by atoms with E-state index >= 15 is 0 Å². The molecule has 1 fully saturated rings. The molecule has 1 aliphatic rings. The van der Waals surface area contributed by atoms with Crippen molar-refractivity contribution in [2.75, 3.05) is 6.54 Å². The number of nitrogens with zero attached hydrogens (tertiary/aromatic N) is 2. The molecule has 2 heterocycles. The first-order valence-corrected chi connectivity index (χ1v) is 8.60. The summed E-state index contributed by atoms with van der Waals surface area (Å²) in [5.41, 5.74) is 6.32. The Bertz CT molecular complexity index is 881. The van der Waals surface area contributed by atoms with Crippen molar-refractivity contribution >= 4 is 26.8 Å². The molecule has 2 atom stereocenters. The van der Waals surface area contributed by atoms with E-state index in [1.54, 1.807) is 31.2 Å². The predicted molar refractivity (Wildman–Crippen MR) is 84.0 cm³/mol. The molecule has 1 aromatic heterocycles. The summed E-state index contributed by atoms with van der Waals surface area (Å²) in [6.45, 7) is 1.62. The molecule has 122 valence electrons. The van der Waals surface area contributed by atoms with Gasteiger partial charge < -0.3 is 10.8 Å². The van der Waals surface area contributed by atoms with Crippen molar-refractivity contribution in [2.45, 2.75) is 30.4 Å². The van der Waals surface area contributed by atoms with Crippen LogP contribution < -0.4 is 5.73 Å². The minimum atomic E-state index is -4.00. The number of aliphatic hydroxyl groups is 1. The van der Waals surface area contributed by atoms with Crippen LogP contribution in [0.15, 0.2) is 35.2 Å². The highest BCUT2D eigenvalue weighted by Gasteiger charge is 2.43. The second-order valence-corrected chi connectivity index (χ2v) is 7.52. The first-order valence-electron chi connectivity index (χ1n) is 7.16. The molecule has 3 N–H and O–H groups in total. The van der Waals surface area contributed by atoms with Crippen molar-refractivity contribution in [3.05, 3.63) is 36.0 Å². The van der Waals surface area contributed by atoms with Gasteiger partial charge in [-0.15, -0.1) is 0 Å². The van der Waals surface area contributed by atoms with E-state index in [0.717, 1.165) is 4.31 Å². The molecule has 0 spiro atoms. The van der Waals surface area contributed by atoms with Crippen molar-refractivity contribution < 1.29 is 18.3 Å². The van der Waals surface area contributed by atoms with Gasteiger partial charge in [-0.05, 0) is 19.1 Å². The standard InChI is InChI=1S/C15H17N3O4S/c1-9-5-6-10-3-2-4-13(14(10)17-9)23(21,22)18-8-11(19)7-12(18)15(16)20/h2-6,11-12,19H,7-8H2,1H3,(H2,16,20)/t11-,12+/m0/s1. The van der Waals surface area contributed by atoms with Gasteiger partial charge in [-0.2, -0.15) is 4.31 Å². The Morgan fingerprint density at radius 3 is 2.78 bits per heavy atom. The number of aryl methyl sites for hydroxylation is 1. The van der Waals surface area contributed by atoms with Gasteiger partial charge in [0.15, 0.2) is 0 Å². The lowest BCUT2D eigenvalue weighted by molar-refractivity contribution is -0.121. The number of nitrogens with two attached hydrogens (primary N) is 1. The van der Waals surface area contributed by atoms with Gasteiger partial charge in [0.25, 0.3) is 0 Å². The van der Waals surface area contributed by atoms with Gasteiger partial charge >= 0.3 is 0 Å². The molecule has 0 bridgehead atoms. The highest BCUT2D eigenvalue weighted by atomic mass is 32.2. The summed E-state index contributed by atoms with van der Waals surface area (Å²) >= 11 is 0. The van der Waals surface area contributed by atoms with Crippen molar-refractivity contribution in [1.82, 2.24) is 9.29 Å². The molecular formula is C15H17N3O4S. The number of sulfonamides is 1. The highest BCUT2D eigenvalue weighted by molar-refractivity contribution is 7.89. The third-order valence-corrected chi connectivity index (χ3v) is 5.88. The lowest BCUT2D eigenvalue weighted by Gasteiger charge is -2.22. The molecule has 7 nitrogen and oxygen atoms in total. The number of para-hydroxylation sites is 1. The van der Waals surface area contributed by atoms with Crippen LogP contribution in [0.3, 0.4) is 0 Å². The molecule has 0 aliphatic carbocycles. The molecule has 1 saturated heterocycles.